The van der Waals surface area contributed by atoms with Gasteiger partial charge in [0, 0.05) is 24.8 Å². The standard InChI is InChI=1S/C19H23FN2O3/c20-13-5-3-4-12(10-13)19(24)22-11-15(17-16(22)8-9-25-17)18(23)21-14-6-1-2-7-14/h3-5,10,14-17H,1-2,6-9,11H2,(H,21,23)/t15-,16-,17+/m1/s1. The minimum atomic E-state index is -0.431. The van der Waals surface area contributed by atoms with Crippen LogP contribution in [-0.2, 0) is 9.53 Å². The average molecular weight is 346 g/mol. The summed E-state index contributed by atoms with van der Waals surface area (Å²) in [4.78, 5) is 27.2. The molecule has 0 spiro atoms. The fourth-order valence-electron chi connectivity index (χ4n) is 4.40. The van der Waals surface area contributed by atoms with Crippen molar-refractivity contribution in [3.63, 3.8) is 0 Å². The smallest absolute Gasteiger partial charge is 0.254 e. The summed E-state index contributed by atoms with van der Waals surface area (Å²) < 4.78 is 19.2. The minimum absolute atomic E-state index is 0.0154. The molecule has 3 fully saturated rings. The summed E-state index contributed by atoms with van der Waals surface area (Å²) in [5.74, 6) is -1.01. The van der Waals surface area contributed by atoms with Crippen molar-refractivity contribution in [1.29, 1.82) is 0 Å². The molecule has 0 unspecified atom stereocenters. The molecule has 1 aliphatic carbocycles. The highest BCUT2D eigenvalue weighted by Gasteiger charge is 2.50. The summed E-state index contributed by atoms with van der Waals surface area (Å²) in [5.41, 5.74) is 0.322. The maximum atomic E-state index is 13.5. The van der Waals surface area contributed by atoms with Gasteiger partial charge < -0.3 is 15.0 Å². The van der Waals surface area contributed by atoms with Crippen molar-refractivity contribution in [3.8, 4) is 0 Å². The van der Waals surface area contributed by atoms with Gasteiger partial charge in [-0.1, -0.05) is 18.9 Å². The Kier molecular flexibility index (Phi) is 4.46. The summed E-state index contributed by atoms with van der Waals surface area (Å²) >= 11 is 0. The lowest BCUT2D eigenvalue weighted by Crippen LogP contribution is -2.42. The fraction of sp³-hybridized carbons (Fsp3) is 0.579. The molecule has 1 aromatic carbocycles. The summed E-state index contributed by atoms with van der Waals surface area (Å²) in [5, 5.41) is 3.12. The first kappa shape index (κ1) is 16.5. The Labute approximate surface area is 146 Å². The predicted molar refractivity (Wildman–Crippen MR) is 89.5 cm³/mol. The van der Waals surface area contributed by atoms with E-state index in [2.05, 4.69) is 5.32 Å². The van der Waals surface area contributed by atoms with E-state index in [1.807, 2.05) is 0 Å². The van der Waals surface area contributed by atoms with E-state index in [1.165, 1.54) is 18.2 Å². The number of nitrogens with zero attached hydrogens (tertiary/aromatic N) is 1. The topological polar surface area (TPSA) is 58.6 Å². The van der Waals surface area contributed by atoms with Crippen molar-refractivity contribution >= 4 is 11.8 Å². The van der Waals surface area contributed by atoms with Crippen LogP contribution in [0.15, 0.2) is 24.3 Å². The molecule has 2 saturated heterocycles. The predicted octanol–water partition coefficient (Wildman–Crippen LogP) is 2.11. The highest BCUT2D eigenvalue weighted by atomic mass is 19.1. The third-order valence-electron chi connectivity index (χ3n) is 5.66. The van der Waals surface area contributed by atoms with E-state index >= 15 is 0 Å². The number of carbonyl (C=O) groups is 2. The van der Waals surface area contributed by atoms with E-state index in [9.17, 15) is 14.0 Å². The van der Waals surface area contributed by atoms with Crippen LogP contribution < -0.4 is 5.32 Å². The summed E-state index contributed by atoms with van der Waals surface area (Å²) in [6.45, 7) is 0.888. The van der Waals surface area contributed by atoms with Gasteiger partial charge in [0.05, 0.1) is 18.1 Å². The number of benzene rings is 1. The van der Waals surface area contributed by atoms with Crippen molar-refractivity contribution in [3.05, 3.63) is 35.6 Å². The quantitative estimate of drug-likeness (QED) is 0.912. The van der Waals surface area contributed by atoms with Gasteiger partial charge >= 0.3 is 0 Å². The monoisotopic (exact) mass is 346 g/mol. The molecule has 25 heavy (non-hydrogen) atoms. The Morgan fingerprint density at radius 3 is 2.76 bits per heavy atom. The van der Waals surface area contributed by atoms with Gasteiger partial charge in [0.15, 0.2) is 0 Å². The summed E-state index contributed by atoms with van der Waals surface area (Å²) in [6.07, 6.45) is 4.83. The van der Waals surface area contributed by atoms with Crippen molar-refractivity contribution in [2.75, 3.05) is 13.2 Å². The second kappa shape index (κ2) is 6.75. The molecule has 1 aromatic rings. The van der Waals surface area contributed by atoms with E-state index < -0.39 is 5.82 Å². The SMILES string of the molecule is O=C(NC1CCCC1)[C@@H]1CN(C(=O)c2cccc(F)c2)[C@@H]2CCO[C@H]21. The Hall–Kier alpha value is -1.95. The van der Waals surface area contributed by atoms with Crippen LogP contribution in [0.4, 0.5) is 4.39 Å². The van der Waals surface area contributed by atoms with E-state index in [-0.39, 0.29) is 35.9 Å². The molecule has 5 nitrogen and oxygen atoms in total. The Morgan fingerprint density at radius 1 is 1.20 bits per heavy atom. The first-order valence-corrected chi connectivity index (χ1v) is 9.12. The second-order valence-corrected chi connectivity index (χ2v) is 7.26. The second-order valence-electron chi connectivity index (χ2n) is 7.26. The van der Waals surface area contributed by atoms with Gasteiger partial charge in [0.1, 0.15) is 5.82 Å². The van der Waals surface area contributed by atoms with Gasteiger partial charge in [-0.05, 0) is 37.5 Å². The van der Waals surface area contributed by atoms with Gasteiger partial charge in [-0.25, -0.2) is 4.39 Å². The molecule has 134 valence electrons. The molecule has 1 N–H and O–H groups in total. The van der Waals surface area contributed by atoms with Crippen molar-refractivity contribution < 1.29 is 18.7 Å². The molecule has 2 heterocycles. The molecule has 2 aliphatic heterocycles. The van der Waals surface area contributed by atoms with E-state index in [0.717, 1.165) is 32.1 Å². The summed E-state index contributed by atoms with van der Waals surface area (Å²) in [6, 6.07) is 5.86. The van der Waals surface area contributed by atoms with Crippen molar-refractivity contribution in [2.45, 2.75) is 50.3 Å². The third-order valence-corrected chi connectivity index (χ3v) is 5.66. The van der Waals surface area contributed by atoms with Gasteiger partial charge in [0.25, 0.3) is 5.91 Å². The first-order valence-electron chi connectivity index (χ1n) is 9.12. The number of fused-ring (bicyclic) bond motifs is 1. The zero-order chi connectivity index (χ0) is 17.4. The van der Waals surface area contributed by atoms with Crippen LogP contribution in [0.25, 0.3) is 0 Å². The normalized spacial score (nSPS) is 29.0. The molecule has 1 saturated carbocycles. The Morgan fingerprint density at radius 2 is 2.00 bits per heavy atom. The molecule has 0 aromatic heterocycles. The molecular formula is C19H23FN2O3. The molecule has 3 atom stereocenters. The first-order chi connectivity index (χ1) is 12.1. The zero-order valence-electron chi connectivity index (χ0n) is 14.1. The number of halogens is 1. The van der Waals surface area contributed by atoms with Gasteiger partial charge in [0.2, 0.25) is 5.91 Å². The third kappa shape index (κ3) is 3.15. The van der Waals surface area contributed by atoms with E-state index in [0.29, 0.717) is 18.7 Å². The van der Waals surface area contributed by atoms with Gasteiger partial charge in [-0.2, -0.15) is 0 Å². The summed E-state index contributed by atoms with van der Waals surface area (Å²) in [7, 11) is 0. The Bertz CT molecular complexity index is 674. The van der Waals surface area contributed by atoms with Crippen LogP contribution in [-0.4, -0.2) is 48.1 Å². The van der Waals surface area contributed by atoms with Crippen LogP contribution >= 0.6 is 0 Å². The number of hydrogen-bond acceptors (Lipinski definition) is 3. The van der Waals surface area contributed by atoms with Crippen LogP contribution in [0.2, 0.25) is 0 Å². The van der Waals surface area contributed by atoms with Gasteiger partial charge in [-0.3, -0.25) is 9.59 Å². The molecule has 6 heteroatoms. The van der Waals surface area contributed by atoms with Crippen molar-refractivity contribution in [2.24, 2.45) is 5.92 Å². The number of ether oxygens (including phenoxy) is 1. The zero-order valence-corrected chi connectivity index (χ0v) is 14.1. The van der Waals surface area contributed by atoms with Crippen LogP contribution in [0, 0.1) is 11.7 Å². The van der Waals surface area contributed by atoms with Crippen molar-refractivity contribution in [1.82, 2.24) is 10.2 Å². The number of carbonyl (C=O) groups excluding carboxylic acids is 2. The highest BCUT2D eigenvalue weighted by molar-refractivity contribution is 5.95. The fourth-order valence-corrected chi connectivity index (χ4v) is 4.40. The number of rotatable bonds is 3. The maximum Gasteiger partial charge on any atom is 0.254 e. The van der Waals surface area contributed by atoms with Crippen LogP contribution in [0.5, 0.6) is 0 Å². The highest BCUT2D eigenvalue weighted by Crippen LogP contribution is 2.35. The number of likely N-dealkylation sites (tertiary alicyclic amines) is 1. The number of nitrogens with one attached hydrogen (secondary N) is 1. The van der Waals surface area contributed by atoms with Crippen LogP contribution in [0.1, 0.15) is 42.5 Å². The lowest BCUT2D eigenvalue weighted by atomic mass is 10.0. The minimum Gasteiger partial charge on any atom is -0.375 e. The number of amides is 2. The molecule has 2 amide bonds. The lowest BCUT2D eigenvalue weighted by molar-refractivity contribution is -0.128. The molecule has 0 bridgehead atoms. The molecular weight excluding hydrogens is 323 g/mol. The van der Waals surface area contributed by atoms with Gasteiger partial charge in [-0.15, -0.1) is 0 Å². The lowest BCUT2D eigenvalue weighted by Gasteiger charge is -2.22. The average Bonchev–Trinajstić information content (AvgIpc) is 3.31. The van der Waals surface area contributed by atoms with E-state index in [1.54, 1.807) is 11.0 Å². The van der Waals surface area contributed by atoms with E-state index in [4.69, 9.17) is 4.74 Å². The largest absolute Gasteiger partial charge is 0.375 e. The molecule has 0 radical (unpaired) electrons. The van der Waals surface area contributed by atoms with Crippen LogP contribution in [0.3, 0.4) is 0 Å². The number of hydrogen-bond donors (Lipinski definition) is 1. The Balaban J connectivity index is 1.50. The maximum absolute atomic E-state index is 13.5. The molecule has 3 aliphatic rings. The molecule has 4 rings (SSSR count).